The molecule has 1 atom stereocenters. The molecule has 0 saturated carbocycles. The van der Waals surface area contributed by atoms with E-state index >= 15 is 0 Å². The first-order valence-electron chi connectivity index (χ1n) is 4.12. The standard InChI is InChI=1S/C8H11N3O/c12-8-2-1-7(10-11-8)6-3-4-9-5-6/h1-2,6,9H,3-5H2,(H,11,12). The molecule has 64 valence electrons. The van der Waals surface area contributed by atoms with Crippen molar-refractivity contribution in [2.24, 2.45) is 0 Å². The summed E-state index contributed by atoms with van der Waals surface area (Å²) in [5.74, 6) is 0.474. The Morgan fingerprint density at radius 1 is 1.50 bits per heavy atom. The molecule has 1 aromatic heterocycles. The quantitative estimate of drug-likeness (QED) is 0.608. The van der Waals surface area contributed by atoms with Crippen LogP contribution in [0.15, 0.2) is 16.9 Å². The van der Waals surface area contributed by atoms with Crippen LogP contribution >= 0.6 is 0 Å². The molecule has 1 aliphatic rings. The average Bonchev–Trinajstić information content (AvgIpc) is 2.58. The third-order valence-corrected chi connectivity index (χ3v) is 2.18. The molecule has 0 amide bonds. The van der Waals surface area contributed by atoms with Gasteiger partial charge in [-0.3, -0.25) is 4.79 Å². The zero-order valence-corrected chi connectivity index (χ0v) is 6.71. The second-order valence-corrected chi connectivity index (χ2v) is 3.04. The van der Waals surface area contributed by atoms with Crippen LogP contribution in [-0.2, 0) is 0 Å². The van der Waals surface area contributed by atoms with Crippen molar-refractivity contribution in [1.82, 2.24) is 15.5 Å². The van der Waals surface area contributed by atoms with Crippen LogP contribution in [0.3, 0.4) is 0 Å². The number of H-pyrrole nitrogens is 1. The lowest BCUT2D eigenvalue weighted by molar-refractivity contribution is 0.710. The first-order chi connectivity index (χ1) is 5.86. The number of hydrogen-bond donors (Lipinski definition) is 2. The third-order valence-electron chi connectivity index (χ3n) is 2.18. The molecule has 12 heavy (non-hydrogen) atoms. The summed E-state index contributed by atoms with van der Waals surface area (Å²) in [6.45, 7) is 2.02. The zero-order valence-electron chi connectivity index (χ0n) is 6.71. The Bertz CT molecular complexity index is 294. The number of nitrogens with one attached hydrogen (secondary N) is 2. The molecule has 4 nitrogen and oxygen atoms in total. The smallest absolute Gasteiger partial charge is 0.264 e. The lowest BCUT2D eigenvalue weighted by Crippen LogP contribution is -2.12. The minimum absolute atomic E-state index is 0.135. The SMILES string of the molecule is O=c1ccc(C2CCNC2)n[nH]1. The maximum atomic E-state index is 10.7. The highest BCUT2D eigenvalue weighted by molar-refractivity contribution is 5.08. The fraction of sp³-hybridized carbons (Fsp3) is 0.500. The summed E-state index contributed by atoms with van der Waals surface area (Å²) in [7, 11) is 0. The predicted octanol–water partition coefficient (Wildman–Crippen LogP) is -0.153. The van der Waals surface area contributed by atoms with Crippen molar-refractivity contribution in [3.63, 3.8) is 0 Å². The Morgan fingerprint density at radius 3 is 3.00 bits per heavy atom. The summed E-state index contributed by atoms with van der Waals surface area (Å²) in [5, 5.41) is 9.68. The van der Waals surface area contributed by atoms with Crippen LogP contribution < -0.4 is 10.9 Å². The number of aromatic amines is 1. The van der Waals surface area contributed by atoms with Crippen LogP contribution in [0.25, 0.3) is 0 Å². The summed E-state index contributed by atoms with van der Waals surface area (Å²) in [5.41, 5.74) is 0.851. The molecule has 1 fully saturated rings. The number of nitrogens with zero attached hydrogens (tertiary/aromatic N) is 1. The Morgan fingerprint density at radius 2 is 2.42 bits per heavy atom. The molecule has 1 aliphatic heterocycles. The maximum absolute atomic E-state index is 10.7. The average molecular weight is 165 g/mol. The van der Waals surface area contributed by atoms with Gasteiger partial charge in [-0.1, -0.05) is 0 Å². The Labute approximate surface area is 70.0 Å². The summed E-state index contributed by atoms with van der Waals surface area (Å²) in [6, 6.07) is 3.33. The fourth-order valence-corrected chi connectivity index (χ4v) is 1.49. The molecule has 0 spiro atoms. The molecule has 1 saturated heterocycles. The van der Waals surface area contributed by atoms with Gasteiger partial charge >= 0.3 is 0 Å². The normalized spacial score (nSPS) is 22.8. The maximum Gasteiger partial charge on any atom is 0.264 e. The molecular weight excluding hydrogens is 154 g/mol. The predicted molar refractivity (Wildman–Crippen MR) is 45.1 cm³/mol. The summed E-state index contributed by atoms with van der Waals surface area (Å²) >= 11 is 0. The molecule has 0 radical (unpaired) electrons. The van der Waals surface area contributed by atoms with Crippen LogP contribution in [0.1, 0.15) is 18.0 Å². The van der Waals surface area contributed by atoms with Crippen molar-refractivity contribution >= 4 is 0 Å². The molecule has 4 heteroatoms. The molecule has 1 unspecified atom stereocenters. The minimum atomic E-state index is -0.135. The van der Waals surface area contributed by atoms with E-state index in [9.17, 15) is 4.79 Å². The summed E-state index contributed by atoms with van der Waals surface area (Å²) in [4.78, 5) is 10.7. The molecule has 0 aliphatic carbocycles. The first kappa shape index (κ1) is 7.49. The highest BCUT2D eigenvalue weighted by Crippen LogP contribution is 2.18. The largest absolute Gasteiger partial charge is 0.316 e. The van der Waals surface area contributed by atoms with Gasteiger partial charge in [-0.2, -0.15) is 5.10 Å². The summed E-state index contributed by atoms with van der Waals surface area (Å²) in [6.07, 6.45) is 1.11. The molecule has 2 N–H and O–H groups in total. The lowest BCUT2D eigenvalue weighted by Gasteiger charge is -2.04. The summed E-state index contributed by atoms with van der Waals surface area (Å²) < 4.78 is 0. The van der Waals surface area contributed by atoms with Gasteiger partial charge < -0.3 is 5.32 Å². The van der Waals surface area contributed by atoms with E-state index in [1.54, 1.807) is 6.07 Å². The van der Waals surface area contributed by atoms with Crippen molar-refractivity contribution in [2.45, 2.75) is 12.3 Å². The van der Waals surface area contributed by atoms with Gasteiger partial charge in [0.2, 0.25) is 0 Å². The van der Waals surface area contributed by atoms with Crippen LogP contribution in [0.5, 0.6) is 0 Å². The zero-order chi connectivity index (χ0) is 8.39. The first-order valence-corrected chi connectivity index (χ1v) is 4.12. The van der Waals surface area contributed by atoms with Crippen LogP contribution in [0, 0.1) is 0 Å². The number of aromatic nitrogens is 2. The van der Waals surface area contributed by atoms with Gasteiger partial charge in [-0.15, -0.1) is 0 Å². The van der Waals surface area contributed by atoms with E-state index in [0.29, 0.717) is 5.92 Å². The van der Waals surface area contributed by atoms with Gasteiger partial charge in [0, 0.05) is 18.5 Å². The Balaban J connectivity index is 2.22. The molecule has 1 aromatic rings. The van der Waals surface area contributed by atoms with E-state index in [4.69, 9.17) is 0 Å². The van der Waals surface area contributed by atoms with Crippen molar-refractivity contribution in [3.8, 4) is 0 Å². The van der Waals surface area contributed by atoms with Gasteiger partial charge in [0.1, 0.15) is 0 Å². The fourth-order valence-electron chi connectivity index (χ4n) is 1.49. The van der Waals surface area contributed by atoms with E-state index < -0.39 is 0 Å². The van der Waals surface area contributed by atoms with Gasteiger partial charge in [-0.05, 0) is 19.0 Å². The van der Waals surface area contributed by atoms with E-state index in [1.807, 2.05) is 0 Å². The lowest BCUT2D eigenvalue weighted by atomic mass is 10.1. The van der Waals surface area contributed by atoms with Gasteiger partial charge in [-0.25, -0.2) is 5.10 Å². The molecule has 0 bridgehead atoms. The van der Waals surface area contributed by atoms with E-state index in [2.05, 4.69) is 15.5 Å². The van der Waals surface area contributed by atoms with Crippen LogP contribution in [0.2, 0.25) is 0 Å². The Hall–Kier alpha value is -1.16. The molecule has 0 aromatic carbocycles. The van der Waals surface area contributed by atoms with Crippen LogP contribution in [-0.4, -0.2) is 23.3 Å². The second kappa shape index (κ2) is 3.06. The van der Waals surface area contributed by atoms with Gasteiger partial charge in [0.25, 0.3) is 5.56 Å². The second-order valence-electron chi connectivity index (χ2n) is 3.04. The topological polar surface area (TPSA) is 57.8 Å². The van der Waals surface area contributed by atoms with E-state index in [0.717, 1.165) is 25.2 Å². The van der Waals surface area contributed by atoms with Crippen molar-refractivity contribution in [1.29, 1.82) is 0 Å². The number of rotatable bonds is 1. The third kappa shape index (κ3) is 1.38. The molecule has 2 rings (SSSR count). The van der Waals surface area contributed by atoms with Gasteiger partial charge in [0.05, 0.1) is 5.69 Å². The minimum Gasteiger partial charge on any atom is -0.316 e. The van der Waals surface area contributed by atoms with E-state index in [1.165, 1.54) is 6.07 Å². The van der Waals surface area contributed by atoms with Gasteiger partial charge in [0.15, 0.2) is 0 Å². The van der Waals surface area contributed by atoms with Crippen molar-refractivity contribution in [2.75, 3.05) is 13.1 Å². The van der Waals surface area contributed by atoms with Crippen molar-refractivity contribution in [3.05, 3.63) is 28.2 Å². The Kier molecular flexibility index (Phi) is 1.91. The monoisotopic (exact) mass is 165 g/mol. The van der Waals surface area contributed by atoms with E-state index in [-0.39, 0.29) is 5.56 Å². The molecular formula is C8H11N3O. The highest BCUT2D eigenvalue weighted by Gasteiger charge is 2.17. The number of hydrogen-bond acceptors (Lipinski definition) is 3. The van der Waals surface area contributed by atoms with Crippen LogP contribution in [0.4, 0.5) is 0 Å². The molecule has 2 heterocycles. The highest BCUT2D eigenvalue weighted by atomic mass is 16.1. The van der Waals surface area contributed by atoms with Crippen molar-refractivity contribution < 1.29 is 0 Å².